The van der Waals surface area contributed by atoms with Crippen LogP contribution in [0.15, 0.2) is 0 Å². The Kier molecular flexibility index (Phi) is 7.98. The molecule has 1 atom stereocenters. The van der Waals surface area contributed by atoms with Gasteiger partial charge in [-0.2, -0.15) is 0 Å². The first-order valence-corrected chi connectivity index (χ1v) is 7.68. The van der Waals surface area contributed by atoms with Crippen molar-refractivity contribution in [2.75, 3.05) is 24.3 Å². The molecule has 0 aliphatic carbocycles. The van der Waals surface area contributed by atoms with Gasteiger partial charge in [-0.05, 0) is 6.66 Å². The molecule has 6 heteroatoms. The summed E-state index contributed by atoms with van der Waals surface area (Å²) in [5, 5.41) is 3.11. The van der Waals surface area contributed by atoms with Gasteiger partial charge in [0, 0.05) is 12.3 Å². The minimum Gasteiger partial charge on any atom is -0.355 e. The van der Waals surface area contributed by atoms with Gasteiger partial charge in [-0.3, -0.25) is 4.79 Å². The van der Waals surface area contributed by atoms with Crippen molar-refractivity contribution in [3.63, 3.8) is 0 Å². The maximum absolute atomic E-state index is 10.7. The van der Waals surface area contributed by atoms with E-state index in [1.807, 2.05) is 6.66 Å². The second-order valence-electron chi connectivity index (χ2n) is 1.86. The van der Waals surface area contributed by atoms with Crippen LogP contribution < -0.4 is 5.32 Å². The van der Waals surface area contributed by atoms with Crippen molar-refractivity contribution in [3.05, 3.63) is 0 Å². The quantitative estimate of drug-likeness (QED) is 0.347. The van der Waals surface area contributed by atoms with Gasteiger partial charge in [-0.15, -0.1) is 18.4 Å². The first-order chi connectivity index (χ1) is 5.16. The van der Waals surface area contributed by atoms with E-state index in [0.29, 0.717) is 11.9 Å². The van der Waals surface area contributed by atoms with Crippen molar-refractivity contribution in [2.24, 2.45) is 0 Å². The molecule has 1 amide bonds. The van der Waals surface area contributed by atoms with Crippen LogP contribution in [0.5, 0.6) is 0 Å². The maximum Gasteiger partial charge on any atom is 0.230 e. The number of nitrogens with one attached hydrogen (secondary N) is 1. The van der Waals surface area contributed by atoms with Crippen LogP contribution in [-0.2, 0) is 4.79 Å². The van der Waals surface area contributed by atoms with Crippen LogP contribution in [0.4, 0.5) is 0 Å². The van der Waals surface area contributed by atoms with E-state index in [1.54, 1.807) is 11.4 Å². The molecule has 0 spiro atoms. The number of amides is 1. The third-order valence-corrected chi connectivity index (χ3v) is 3.91. The van der Waals surface area contributed by atoms with Crippen LogP contribution in [0, 0.1) is 0 Å². The highest BCUT2D eigenvalue weighted by Crippen LogP contribution is 2.39. The average molecular weight is 254 g/mol. The zero-order valence-corrected chi connectivity index (χ0v) is 9.64. The Hall–Kier alpha value is 0.795. The highest BCUT2D eigenvalue weighted by atomic mass is 79.9. The molecule has 62 valence electrons. The molecular weight excluding hydrogens is 244 g/mol. The van der Waals surface area contributed by atoms with Gasteiger partial charge in [0.25, 0.3) is 0 Å². The van der Waals surface area contributed by atoms with E-state index in [1.165, 1.54) is 0 Å². The van der Waals surface area contributed by atoms with Crippen molar-refractivity contribution < 1.29 is 4.79 Å². The third kappa shape index (κ3) is 8.70. The van der Waals surface area contributed by atoms with E-state index in [-0.39, 0.29) is 12.9 Å². The maximum atomic E-state index is 10.7. The van der Waals surface area contributed by atoms with Gasteiger partial charge < -0.3 is 5.32 Å². The van der Waals surface area contributed by atoms with Gasteiger partial charge in [0.1, 0.15) is 7.57 Å². The summed E-state index contributed by atoms with van der Waals surface area (Å²) in [6.45, 7) is 2.70. The molecule has 0 heterocycles. The molecule has 11 heavy (non-hydrogen) atoms. The van der Waals surface area contributed by atoms with E-state index in [4.69, 9.17) is 7.57 Å². The second-order valence-corrected chi connectivity index (χ2v) is 6.69. The lowest BCUT2D eigenvalue weighted by Gasteiger charge is -2.05. The zero-order chi connectivity index (χ0) is 8.69. The molecule has 1 N–H and O–H groups in total. The summed E-state index contributed by atoms with van der Waals surface area (Å²) in [7, 11) is 5.17. The normalized spacial score (nSPS) is 12.5. The van der Waals surface area contributed by atoms with E-state index >= 15 is 0 Å². The molecule has 2 radical (unpaired) electrons. The molecule has 0 aromatic heterocycles. The summed E-state index contributed by atoms with van der Waals surface area (Å²) in [6, 6.07) is 0. The summed E-state index contributed by atoms with van der Waals surface area (Å²) >= 11 is 4.75. The van der Waals surface area contributed by atoms with Crippen molar-refractivity contribution in [3.8, 4) is 0 Å². The van der Waals surface area contributed by atoms with Crippen LogP contribution in [0.1, 0.15) is 0 Å². The second kappa shape index (κ2) is 7.44. The monoisotopic (exact) mass is 253 g/mol. The lowest BCUT2D eigenvalue weighted by molar-refractivity contribution is -0.118. The summed E-state index contributed by atoms with van der Waals surface area (Å²) in [4.78, 5) is 10.7. The summed E-state index contributed by atoms with van der Waals surface area (Å²) in [5.74, 6) is 0.931. The fourth-order valence-electron chi connectivity index (χ4n) is 0.427. The highest BCUT2D eigenvalue weighted by Gasteiger charge is 1.96. The third-order valence-electron chi connectivity index (χ3n) is 0.841. The Balaban J connectivity index is 3.08. The first-order valence-electron chi connectivity index (χ1n) is 3.11. The van der Waals surface area contributed by atoms with E-state index in [9.17, 15) is 4.79 Å². The van der Waals surface area contributed by atoms with Crippen LogP contribution in [-0.4, -0.2) is 37.8 Å². The van der Waals surface area contributed by atoms with Crippen LogP contribution in [0.25, 0.3) is 0 Å². The van der Waals surface area contributed by atoms with Crippen LogP contribution >= 0.6 is 34.3 Å². The van der Waals surface area contributed by atoms with E-state index in [2.05, 4.69) is 21.2 Å². The Morgan fingerprint density at radius 2 is 2.45 bits per heavy atom. The summed E-state index contributed by atoms with van der Waals surface area (Å²) < 4.78 is 0. The molecule has 0 aliphatic rings. The van der Waals surface area contributed by atoms with Gasteiger partial charge >= 0.3 is 0 Å². The van der Waals surface area contributed by atoms with Gasteiger partial charge in [0.05, 0.1) is 5.33 Å². The molecule has 0 aromatic carbocycles. The topological polar surface area (TPSA) is 29.1 Å². The molecule has 0 fully saturated rings. The predicted molar refractivity (Wildman–Crippen MR) is 57.9 cm³/mol. The van der Waals surface area contributed by atoms with Crippen molar-refractivity contribution in [1.29, 1.82) is 0 Å². The standard InChI is InChI=1S/C5H10BBrNOPS/c1-10(6)11-3-2-8-5(9)4-7/h2-4H2,1H3,(H,8,9). The Morgan fingerprint density at radius 3 is 2.91 bits per heavy atom. The number of carbonyl (C=O) groups excluding carboxylic acids is 1. The molecule has 1 unspecified atom stereocenters. The molecule has 0 aromatic rings. The molecule has 0 saturated heterocycles. The molecule has 0 aliphatic heterocycles. The number of hydrogen-bond acceptors (Lipinski definition) is 2. The van der Waals surface area contributed by atoms with Gasteiger partial charge in [-0.25, -0.2) is 0 Å². The minimum atomic E-state index is -0.382. The zero-order valence-electron chi connectivity index (χ0n) is 6.34. The summed E-state index contributed by atoms with van der Waals surface area (Å²) in [6.07, 6.45) is 0. The fourth-order valence-corrected chi connectivity index (χ4v) is 2.24. The minimum absolute atomic E-state index is 0.0306. The van der Waals surface area contributed by atoms with Gasteiger partial charge in [0.15, 0.2) is 0 Å². The molecule has 0 rings (SSSR count). The van der Waals surface area contributed by atoms with Gasteiger partial charge in [0.2, 0.25) is 5.91 Å². The largest absolute Gasteiger partial charge is 0.355 e. The van der Waals surface area contributed by atoms with Crippen LogP contribution in [0.2, 0.25) is 0 Å². The molecular formula is C5H10BBrNOPS. The highest BCUT2D eigenvalue weighted by molar-refractivity contribution is 9.09. The summed E-state index contributed by atoms with van der Waals surface area (Å²) in [5.41, 5.74) is 0. The van der Waals surface area contributed by atoms with Gasteiger partial charge in [-0.1, -0.05) is 15.9 Å². The predicted octanol–water partition coefficient (Wildman–Crippen LogP) is 1.34. The fraction of sp³-hybridized carbons (Fsp3) is 0.800. The van der Waals surface area contributed by atoms with Crippen molar-refractivity contribution in [1.82, 2.24) is 5.32 Å². The lowest BCUT2D eigenvalue weighted by atomic mass is 10.6. The van der Waals surface area contributed by atoms with Crippen molar-refractivity contribution >= 4 is 47.8 Å². The first kappa shape index (κ1) is 11.8. The van der Waals surface area contributed by atoms with E-state index < -0.39 is 0 Å². The number of alkyl halides is 1. The molecule has 2 nitrogen and oxygen atoms in total. The van der Waals surface area contributed by atoms with E-state index in [0.717, 1.165) is 5.75 Å². The number of hydrogen-bond donors (Lipinski definition) is 1. The number of carbonyl (C=O) groups is 1. The van der Waals surface area contributed by atoms with Crippen LogP contribution in [0.3, 0.4) is 0 Å². The smallest absolute Gasteiger partial charge is 0.230 e. The Bertz CT molecular complexity index is 127. The molecule has 0 saturated carbocycles. The number of halogens is 1. The Morgan fingerprint density at radius 1 is 1.82 bits per heavy atom. The van der Waals surface area contributed by atoms with Crippen molar-refractivity contribution in [2.45, 2.75) is 0 Å². The lowest BCUT2D eigenvalue weighted by Crippen LogP contribution is -2.26. The average Bonchev–Trinajstić information content (AvgIpc) is 1.97. The SMILES string of the molecule is [B]P(C)SCCNC(=O)CBr. The number of rotatable bonds is 5. The Labute approximate surface area is 82.3 Å². The molecule has 0 bridgehead atoms.